The molecule has 58 heavy (non-hydrogen) atoms. The maximum absolute atomic E-state index is 9.32. The molecule has 4 heteroatoms. The first-order chi connectivity index (χ1) is 27.5. The van der Waals surface area contributed by atoms with Gasteiger partial charge in [0.2, 0.25) is 0 Å². The van der Waals surface area contributed by atoms with E-state index < -0.39 is 21.5 Å². The second-order valence-corrected chi connectivity index (χ2v) is 62.1. The van der Waals surface area contributed by atoms with Gasteiger partial charge in [0.15, 0.2) is 0 Å². The summed E-state index contributed by atoms with van der Waals surface area (Å²) in [5.41, 5.74) is 18.1. The summed E-state index contributed by atoms with van der Waals surface area (Å²) < 4.78 is -0.124. The number of rotatable bonds is 9. The summed E-state index contributed by atoms with van der Waals surface area (Å²) in [5.74, 6) is -1.90. The van der Waals surface area contributed by atoms with Gasteiger partial charge in [-0.2, -0.15) is 0 Å². The van der Waals surface area contributed by atoms with E-state index in [0.717, 1.165) is 12.8 Å². The van der Waals surface area contributed by atoms with Gasteiger partial charge in [-0.05, 0) is 0 Å². The van der Waals surface area contributed by atoms with E-state index in [1.54, 1.807) is 0 Å². The van der Waals surface area contributed by atoms with Crippen molar-refractivity contribution in [1.82, 2.24) is 0 Å². The monoisotopic (exact) mass is 893 g/mol. The SMILES string of the molecule is C[SiH](C)[Zr]([Cl])([Cl])([CH]1C(CC(C)(C)C)=Cc2c(-c3ccccc3)ccc(-c3ccccc3)c21)[CH]1C(CC(C)(C)C)=Cc2c(-c3ccccc3)ccc(-c3ccccc3)c21. The van der Waals surface area contributed by atoms with E-state index in [9.17, 15) is 17.0 Å². The quantitative estimate of drug-likeness (QED) is 0.127. The molecule has 0 amide bonds. The van der Waals surface area contributed by atoms with E-state index in [0.29, 0.717) is 0 Å². The van der Waals surface area contributed by atoms with E-state index in [1.165, 1.54) is 77.9 Å². The van der Waals surface area contributed by atoms with Crippen LogP contribution in [0.15, 0.2) is 157 Å². The van der Waals surface area contributed by atoms with Crippen molar-refractivity contribution < 1.29 is 15.6 Å². The minimum atomic E-state index is -5.36. The molecule has 2 aliphatic rings. The van der Waals surface area contributed by atoms with Crippen molar-refractivity contribution in [3.8, 4) is 44.5 Å². The van der Waals surface area contributed by atoms with Gasteiger partial charge in [-0.3, -0.25) is 0 Å². The maximum atomic E-state index is 9.32. The summed E-state index contributed by atoms with van der Waals surface area (Å²) in [4.78, 5) is 0. The van der Waals surface area contributed by atoms with Crippen molar-refractivity contribution in [2.24, 2.45) is 10.8 Å². The molecule has 2 unspecified atom stereocenters. The third-order valence-electron chi connectivity index (χ3n) is 12.6. The molecule has 0 N–H and O–H groups in total. The first-order valence-electron chi connectivity index (χ1n) is 21.1. The zero-order valence-electron chi connectivity index (χ0n) is 35.4. The first-order valence-corrected chi connectivity index (χ1v) is 37.4. The molecule has 0 aliphatic heterocycles. The summed E-state index contributed by atoms with van der Waals surface area (Å²) in [6.07, 6.45) is 6.95. The van der Waals surface area contributed by atoms with Gasteiger partial charge in [-0.15, -0.1) is 0 Å². The molecule has 0 saturated heterocycles. The van der Waals surface area contributed by atoms with Gasteiger partial charge in [-0.25, -0.2) is 0 Å². The summed E-state index contributed by atoms with van der Waals surface area (Å²) >= 11 is -5.36. The Morgan fingerprint density at radius 3 is 0.983 bits per heavy atom. The second-order valence-electron chi connectivity index (χ2n) is 19.6. The molecule has 0 fully saturated rings. The Hall–Kier alpha value is -3.52. The van der Waals surface area contributed by atoms with E-state index in [2.05, 4.69) is 212 Å². The Morgan fingerprint density at radius 2 is 0.707 bits per heavy atom. The van der Waals surface area contributed by atoms with E-state index in [4.69, 9.17) is 0 Å². The fraction of sp³-hybridized carbons (Fsp3) is 0.259. The molecule has 0 saturated carbocycles. The molecular weight excluding hydrogens is 839 g/mol. The van der Waals surface area contributed by atoms with Crippen molar-refractivity contribution in [3.63, 3.8) is 0 Å². The van der Waals surface area contributed by atoms with Gasteiger partial charge >= 0.3 is 360 Å². The molecule has 0 nitrogen and oxygen atoms in total. The van der Waals surface area contributed by atoms with Crippen LogP contribution in [0.4, 0.5) is 0 Å². The van der Waals surface area contributed by atoms with E-state index >= 15 is 0 Å². The fourth-order valence-corrected chi connectivity index (χ4v) is 41.2. The standard InChI is InChI=1S/2C26H25.C2H7Si.2ClH.Zr/c2*1-26(2,3)18-19-16-24-22(20-10-6-4-7-11-20)14-15-23(25(24)17-19)21-12-8-5-9-13-21;1-3-2;;;/h2*4-17H,18H2,1-3H3;3H,1-2H3;2*1H;/q;;;;;+2/p-2. The normalized spacial score (nSPS) is 17.3. The van der Waals surface area contributed by atoms with Crippen LogP contribution in [-0.4, -0.2) is 5.92 Å². The summed E-state index contributed by atoms with van der Waals surface area (Å²) in [5, 5.41) is 0. The van der Waals surface area contributed by atoms with Gasteiger partial charge in [0, 0.05) is 0 Å². The number of halogens is 2. The Bertz CT molecular complexity index is 2350. The molecule has 6 aromatic carbocycles. The molecule has 0 bridgehead atoms. The average Bonchev–Trinajstić information content (AvgIpc) is 3.77. The summed E-state index contributed by atoms with van der Waals surface area (Å²) in [7, 11) is 18.6. The molecule has 6 aromatic rings. The topological polar surface area (TPSA) is 0 Å². The molecule has 295 valence electrons. The zero-order chi connectivity index (χ0) is 41.1. The van der Waals surface area contributed by atoms with Gasteiger partial charge in [0.1, 0.15) is 0 Å². The van der Waals surface area contributed by atoms with Crippen molar-refractivity contribution in [3.05, 3.63) is 179 Å². The molecule has 2 aliphatic carbocycles. The first kappa shape index (κ1) is 41.2. The molecule has 0 radical (unpaired) electrons. The van der Waals surface area contributed by atoms with Crippen LogP contribution >= 0.6 is 17.0 Å². The van der Waals surface area contributed by atoms with Crippen molar-refractivity contribution >= 4 is 35.1 Å². The molecule has 2 atom stereocenters. The number of hydrogen-bond donors (Lipinski definition) is 0. The van der Waals surface area contributed by atoms with Crippen LogP contribution in [0.2, 0.25) is 13.1 Å². The third kappa shape index (κ3) is 7.47. The minimum absolute atomic E-state index is 0.0225. The second kappa shape index (κ2) is 15.5. The van der Waals surface area contributed by atoms with Crippen LogP contribution in [-0.2, 0) is 15.6 Å². The third-order valence-corrected chi connectivity index (χ3v) is 64.3. The van der Waals surface area contributed by atoms with Crippen LogP contribution in [0, 0.1) is 10.8 Å². The van der Waals surface area contributed by atoms with Crippen LogP contribution in [0.1, 0.15) is 83.9 Å². The predicted molar refractivity (Wildman–Crippen MR) is 255 cm³/mol. The molecule has 8 rings (SSSR count). The van der Waals surface area contributed by atoms with Crippen LogP contribution < -0.4 is 0 Å². The van der Waals surface area contributed by atoms with Crippen LogP contribution in [0.25, 0.3) is 56.7 Å². The van der Waals surface area contributed by atoms with Crippen molar-refractivity contribution in [2.45, 2.75) is 74.7 Å². The Balaban J connectivity index is 1.51. The number of hydrogen-bond acceptors (Lipinski definition) is 0. The van der Waals surface area contributed by atoms with Gasteiger partial charge in [0.25, 0.3) is 0 Å². The van der Waals surface area contributed by atoms with E-state index in [1.807, 2.05) is 0 Å². The Labute approximate surface area is 356 Å². The Kier molecular flexibility index (Phi) is 11.0. The van der Waals surface area contributed by atoms with E-state index in [-0.39, 0.29) is 18.1 Å². The fourth-order valence-electron chi connectivity index (χ4n) is 10.2. The number of benzene rings is 6. The molecular formula is C54H57Cl2SiZr. The van der Waals surface area contributed by atoms with Gasteiger partial charge < -0.3 is 0 Å². The summed E-state index contributed by atoms with van der Waals surface area (Å²) in [6, 6.07) is 53.3. The van der Waals surface area contributed by atoms with Crippen molar-refractivity contribution in [1.29, 1.82) is 0 Å². The van der Waals surface area contributed by atoms with Crippen LogP contribution in [0.3, 0.4) is 0 Å². The van der Waals surface area contributed by atoms with Gasteiger partial charge in [-0.1, -0.05) is 0 Å². The molecule has 0 heterocycles. The van der Waals surface area contributed by atoms with Gasteiger partial charge in [0.05, 0.1) is 0 Å². The number of allylic oxidation sites excluding steroid dienone is 2. The van der Waals surface area contributed by atoms with Crippen molar-refractivity contribution in [2.75, 3.05) is 0 Å². The zero-order valence-corrected chi connectivity index (χ0v) is 40.5. The average molecular weight is 896 g/mol. The Morgan fingerprint density at radius 1 is 0.431 bits per heavy atom. The molecule has 0 aromatic heterocycles. The predicted octanol–water partition coefficient (Wildman–Crippen LogP) is 16.8. The summed E-state index contributed by atoms with van der Waals surface area (Å²) in [6.45, 7) is 19.2. The van der Waals surface area contributed by atoms with Crippen LogP contribution in [0.5, 0.6) is 0 Å². The number of fused-ring (bicyclic) bond motifs is 2. The molecule has 0 spiro atoms.